The number of pyridine rings is 1. The van der Waals surface area contributed by atoms with E-state index in [-0.39, 0.29) is 0 Å². The number of aliphatic hydroxyl groups is 1. The second kappa shape index (κ2) is 7.73. The largest absolute Gasteiger partial charge is 0.496 e. The van der Waals surface area contributed by atoms with E-state index in [4.69, 9.17) is 4.74 Å². The van der Waals surface area contributed by atoms with Crippen molar-refractivity contribution in [3.63, 3.8) is 0 Å². The highest BCUT2D eigenvalue weighted by Crippen LogP contribution is 2.33. The Labute approximate surface area is 165 Å². The van der Waals surface area contributed by atoms with Crippen LogP contribution in [0.2, 0.25) is 0 Å². The predicted octanol–water partition coefficient (Wildman–Crippen LogP) is 2.97. The summed E-state index contributed by atoms with van der Waals surface area (Å²) in [5, 5.41) is 11.0. The van der Waals surface area contributed by atoms with Gasteiger partial charge in [-0.3, -0.25) is 9.88 Å². The molecule has 0 aliphatic carbocycles. The van der Waals surface area contributed by atoms with E-state index in [0.29, 0.717) is 12.8 Å². The van der Waals surface area contributed by atoms with Crippen LogP contribution in [0.1, 0.15) is 24.1 Å². The maximum absolute atomic E-state index is 11.0. The smallest absolute Gasteiger partial charge is 0.128 e. The molecule has 3 heterocycles. The third-order valence-electron chi connectivity index (χ3n) is 5.48. The molecule has 146 valence electrons. The maximum atomic E-state index is 11.0. The zero-order valence-electron chi connectivity index (χ0n) is 16.4. The fourth-order valence-electron chi connectivity index (χ4n) is 3.84. The Morgan fingerprint density at radius 2 is 1.96 bits per heavy atom. The number of rotatable bonds is 5. The number of hydrogen-bond donors (Lipinski definition) is 1. The van der Waals surface area contributed by atoms with Crippen molar-refractivity contribution in [2.24, 2.45) is 7.05 Å². The van der Waals surface area contributed by atoms with Crippen LogP contribution in [0.5, 0.6) is 5.75 Å². The highest BCUT2D eigenvalue weighted by Gasteiger charge is 2.35. The van der Waals surface area contributed by atoms with Gasteiger partial charge in [-0.25, -0.2) is 4.98 Å². The lowest BCUT2D eigenvalue weighted by Crippen LogP contribution is -2.42. The average molecular weight is 378 g/mol. The van der Waals surface area contributed by atoms with E-state index in [2.05, 4.69) is 27.0 Å². The highest BCUT2D eigenvalue weighted by molar-refractivity contribution is 5.67. The minimum absolute atomic E-state index is 0.688. The SMILES string of the molecule is COc1ccc(CN2CCC(O)(c3ccccn3)CC2)cc1-c1cn(C)cn1. The number of ether oxygens (including phenoxy) is 1. The summed E-state index contributed by atoms with van der Waals surface area (Å²) in [5.74, 6) is 0.825. The molecule has 3 aromatic rings. The number of hydrogen-bond acceptors (Lipinski definition) is 5. The molecular weight excluding hydrogens is 352 g/mol. The third kappa shape index (κ3) is 3.79. The van der Waals surface area contributed by atoms with Crippen LogP contribution < -0.4 is 4.74 Å². The minimum atomic E-state index is -0.823. The van der Waals surface area contributed by atoms with Crippen LogP contribution in [0.3, 0.4) is 0 Å². The van der Waals surface area contributed by atoms with Crippen molar-refractivity contribution in [3.05, 3.63) is 66.4 Å². The van der Waals surface area contributed by atoms with E-state index in [1.54, 1.807) is 19.6 Å². The average Bonchev–Trinajstić information content (AvgIpc) is 3.17. The van der Waals surface area contributed by atoms with Crippen LogP contribution in [0, 0.1) is 0 Å². The third-order valence-corrected chi connectivity index (χ3v) is 5.48. The molecule has 6 heteroatoms. The molecule has 4 rings (SSSR count). The van der Waals surface area contributed by atoms with Gasteiger partial charge in [0.1, 0.15) is 11.4 Å². The first kappa shape index (κ1) is 18.7. The van der Waals surface area contributed by atoms with Gasteiger partial charge >= 0.3 is 0 Å². The van der Waals surface area contributed by atoms with Gasteiger partial charge in [0.25, 0.3) is 0 Å². The van der Waals surface area contributed by atoms with Crippen molar-refractivity contribution < 1.29 is 9.84 Å². The molecule has 1 N–H and O–H groups in total. The Hall–Kier alpha value is -2.70. The van der Waals surface area contributed by atoms with Gasteiger partial charge in [0.2, 0.25) is 0 Å². The monoisotopic (exact) mass is 378 g/mol. The van der Waals surface area contributed by atoms with Crippen LogP contribution in [-0.4, -0.2) is 44.7 Å². The number of likely N-dealkylation sites (tertiary alicyclic amines) is 1. The summed E-state index contributed by atoms with van der Waals surface area (Å²) in [6.07, 6.45) is 6.91. The van der Waals surface area contributed by atoms with Gasteiger partial charge in [-0.1, -0.05) is 12.1 Å². The van der Waals surface area contributed by atoms with E-state index >= 15 is 0 Å². The van der Waals surface area contributed by atoms with Crippen LogP contribution in [0.25, 0.3) is 11.3 Å². The van der Waals surface area contributed by atoms with Crippen molar-refractivity contribution in [1.29, 1.82) is 0 Å². The fraction of sp³-hybridized carbons (Fsp3) is 0.364. The molecule has 1 fully saturated rings. The Bertz CT molecular complexity index is 931. The van der Waals surface area contributed by atoms with Crippen molar-refractivity contribution >= 4 is 0 Å². The first-order valence-electron chi connectivity index (χ1n) is 9.59. The van der Waals surface area contributed by atoms with Crippen molar-refractivity contribution in [2.45, 2.75) is 25.0 Å². The second-order valence-corrected chi connectivity index (χ2v) is 7.48. The van der Waals surface area contributed by atoms with E-state index in [0.717, 1.165) is 42.3 Å². The first-order valence-corrected chi connectivity index (χ1v) is 9.59. The van der Waals surface area contributed by atoms with E-state index < -0.39 is 5.60 Å². The molecule has 6 nitrogen and oxygen atoms in total. The Morgan fingerprint density at radius 3 is 2.61 bits per heavy atom. The zero-order valence-corrected chi connectivity index (χ0v) is 16.4. The summed E-state index contributed by atoms with van der Waals surface area (Å²) >= 11 is 0. The lowest BCUT2D eigenvalue weighted by molar-refractivity contribution is -0.0311. The van der Waals surface area contributed by atoms with Crippen LogP contribution >= 0.6 is 0 Å². The van der Waals surface area contributed by atoms with E-state index in [9.17, 15) is 5.11 Å². The molecule has 0 spiro atoms. The molecule has 0 radical (unpaired) electrons. The summed E-state index contributed by atoms with van der Waals surface area (Å²) in [6.45, 7) is 2.50. The Morgan fingerprint density at radius 1 is 1.14 bits per heavy atom. The van der Waals surface area contributed by atoms with Gasteiger partial charge in [-0.15, -0.1) is 0 Å². The Kier molecular flexibility index (Phi) is 5.15. The summed E-state index contributed by atoms with van der Waals surface area (Å²) in [7, 11) is 3.65. The first-order chi connectivity index (χ1) is 13.6. The van der Waals surface area contributed by atoms with E-state index in [1.165, 1.54) is 5.56 Å². The lowest BCUT2D eigenvalue weighted by Gasteiger charge is -2.37. The summed E-state index contributed by atoms with van der Waals surface area (Å²) in [6, 6.07) is 12.0. The molecule has 0 saturated carbocycles. The molecular formula is C22H26N4O2. The number of piperidine rings is 1. The van der Waals surface area contributed by atoms with Gasteiger partial charge in [0.15, 0.2) is 0 Å². The number of aryl methyl sites for hydroxylation is 1. The molecule has 2 aromatic heterocycles. The zero-order chi connectivity index (χ0) is 19.6. The number of methoxy groups -OCH3 is 1. The lowest BCUT2D eigenvalue weighted by atomic mass is 9.87. The van der Waals surface area contributed by atoms with Crippen LogP contribution in [-0.2, 0) is 19.2 Å². The molecule has 1 aliphatic heterocycles. The summed E-state index contributed by atoms with van der Waals surface area (Å²) < 4.78 is 7.46. The van der Waals surface area contributed by atoms with Crippen LogP contribution in [0.15, 0.2) is 55.1 Å². The topological polar surface area (TPSA) is 63.4 Å². The summed E-state index contributed by atoms with van der Waals surface area (Å²) in [4.78, 5) is 11.2. The second-order valence-electron chi connectivity index (χ2n) is 7.48. The van der Waals surface area contributed by atoms with Gasteiger partial charge < -0.3 is 14.4 Å². The van der Waals surface area contributed by atoms with E-state index in [1.807, 2.05) is 42.1 Å². The number of benzene rings is 1. The molecule has 28 heavy (non-hydrogen) atoms. The fourth-order valence-corrected chi connectivity index (χ4v) is 3.84. The highest BCUT2D eigenvalue weighted by atomic mass is 16.5. The minimum Gasteiger partial charge on any atom is -0.496 e. The van der Waals surface area contributed by atoms with Crippen LogP contribution in [0.4, 0.5) is 0 Å². The van der Waals surface area contributed by atoms with Crippen molar-refractivity contribution in [2.75, 3.05) is 20.2 Å². The summed E-state index contributed by atoms with van der Waals surface area (Å²) in [5.41, 5.74) is 3.07. The molecule has 0 atom stereocenters. The molecule has 0 amide bonds. The van der Waals surface area contributed by atoms with Gasteiger partial charge in [-0.2, -0.15) is 0 Å². The number of imidazole rings is 1. The molecule has 1 aliphatic rings. The van der Waals surface area contributed by atoms with Crippen molar-refractivity contribution in [3.8, 4) is 17.0 Å². The standard InChI is InChI=1S/C22H26N4O2/c1-25-15-19(24-16-25)18-13-17(6-7-20(18)28-2)14-26-11-8-22(27,9-12-26)21-5-3-4-10-23-21/h3-7,10,13,15-16,27H,8-9,11-12,14H2,1-2H3. The molecule has 0 bridgehead atoms. The quantitative estimate of drug-likeness (QED) is 0.740. The van der Waals surface area contributed by atoms with Gasteiger partial charge in [0, 0.05) is 44.6 Å². The normalized spacial score (nSPS) is 16.8. The van der Waals surface area contributed by atoms with Crippen molar-refractivity contribution in [1.82, 2.24) is 19.4 Å². The molecule has 0 unspecified atom stereocenters. The number of aromatic nitrogens is 3. The predicted molar refractivity (Wildman–Crippen MR) is 108 cm³/mol. The van der Waals surface area contributed by atoms with Gasteiger partial charge in [0.05, 0.1) is 24.8 Å². The Balaban J connectivity index is 1.47. The van der Waals surface area contributed by atoms with Gasteiger partial charge in [-0.05, 0) is 42.7 Å². The maximum Gasteiger partial charge on any atom is 0.128 e. The molecule has 1 aromatic carbocycles. The molecule has 1 saturated heterocycles. The number of nitrogens with zero attached hydrogens (tertiary/aromatic N) is 4.